The van der Waals surface area contributed by atoms with Crippen LogP contribution >= 0.6 is 0 Å². The van der Waals surface area contributed by atoms with E-state index in [1.807, 2.05) is 0 Å². The highest BCUT2D eigenvalue weighted by Crippen LogP contribution is 2.11. The smallest absolute Gasteiger partial charge is 0.123 e. The Balaban J connectivity index is 1.91. The van der Waals surface area contributed by atoms with E-state index in [9.17, 15) is 4.39 Å². The van der Waals surface area contributed by atoms with Gasteiger partial charge in [-0.3, -0.25) is 0 Å². The predicted molar refractivity (Wildman–Crippen MR) is 70.3 cm³/mol. The second kappa shape index (κ2) is 9.85. The fourth-order valence-corrected chi connectivity index (χ4v) is 1.63. The van der Waals surface area contributed by atoms with Crippen molar-refractivity contribution in [3.8, 4) is 5.75 Å². The van der Waals surface area contributed by atoms with Crippen molar-refractivity contribution >= 4 is 0 Å². The van der Waals surface area contributed by atoms with E-state index >= 15 is 0 Å². The van der Waals surface area contributed by atoms with Gasteiger partial charge in [0.1, 0.15) is 11.6 Å². The number of ether oxygens (including phenoxy) is 1. The number of aliphatic hydroxyl groups excluding tert-OH is 1. The Morgan fingerprint density at radius 1 is 1.00 bits per heavy atom. The molecule has 0 bridgehead atoms. The number of halogens is 1. The van der Waals surface area contributed by atoms with Crippen LogP contribution in [-0.2, 0) is 0 Å². The maximum Gasteiger partial charge on any atom is 0.123 e. The molecule has 0 spiro atoms. The minimum Gasteiger partial charge on any atom is -0.494 e. The number of unbranched alkanes of at least 4 members (excludes halogenated alkanes) is 3. The quantitative estimate of drug-likeness (QED) is 0.631. The molecule has 0 atom stereocenters. The second-order valence-corrected chi connectivity index (χ2v) is 4.19. The molecule has 18 heavy (non-hydrogen) atoms. The first-order valence-corrected chi connectivity index (χ1v) is 6.53. The van der Waals surface area contributed by atoms with Crippen molar-refractivity contribution in [2.75, 3.05) is 26.3 Å². The van der Waals surface area contributed by atoms with Crippen LogP contribution in [-0.4, -0.2) is 31.4 Å². The Morgan fingerprint density at radius 2 is 1.72 bits per heavy atom. The zero-order chi connectivity index (χ0) is 13.1. The van der Waals surface area contributed by atoms with Crippen LogP contribution in [0.4, 0.5) is 4.39 Å². The summed E-state index contributed by atoms with van der Waals surface area (Å²) in [6.45, 7) is 2.51. The Labute approximate surface area is 108 Å². The lowest BCUT2D eigenvalue weighted by molar-refractivity contribution is 0.290. The number of nitrogens with one attached hydrogen (secondary N) is 1. The first-order valence-electron chi connectivity index (χ1n) is 6.53. The number of hydrogen-bond donors (Lipinski definition) is 2. The monoisotopic (exact) mass is 255 g/mol. The molecule has 0 saturated heterocycles. The maximum atomic E-state index is 12.6. The number of benzene rings is 1. The third kappa shape index (κ3) is 7.25. The van der Waals surface area contributed by atoms with Gasteiger partial charge in [0.25, 0.3) is 0 Å². The van der Waals surface area contributed by atoms with Crippen molar-refractivity contribution in [1.82, 2.24) is 5.32 Å². The first kappa shape index (κ1) is 14.9. The summed E-state index contributed by atoms with van der Waals surface area (Å²) in [5.74, 6) is 0.485. The molecule has 0 saturated carbocycles. The summed E-state index contributed by atoms with van der Waals surface area (Å²) in [6.07, 6.45) is 4.42. The number of rotatable bonds is 10. The molecule has 0 fully saturated rings. The van der Waals surface area contributed by atoms with Gasteiger partial charge in [0, 0.05) is 6.54 Å². The van der Waals surface area contributed by atoms with Crippen molar-refractivity contribution in [3.63, 3.8) is 0 Å². The van der Waals surface area contributed by atoms with E-state index in [0.717, 1.165) is 38.0 Å². The first-order chi connectivity index (χ1) is 8.83. The van der Waals surface area contributed by atoms with Gasteiger partial charge >= 0.3 is 0 Å². The minimum atomic E-state index is -0.238. The molecule has 1 aromatic rings. The van der Waals surface area contributed by atoms with E-state index in [4.69, 9.17) is 9.84 Å². The van der Waals surface area contributed by atoms with Crippen LogP contribution in [0.3, 0.4) is 0 Å². The number of hydrogen-bond acceptors (Lipinski definition) is 3. The SMILES string of the molecule is OCCNCCCCCCOc1ccc(F)cc1. The molecule has 0 aliphatic carbocycles. The normalized spacial score (nSPS) is 10.6. The van der Waals surface area contributed by atoms with Crippen LogP contribution in [0.2, 0.25) is 0 Å². The zero-order valence-electron chi connectivity index (χ0n) is 10.7. The molecule has 1 rings (SSSR count). The van der Waals surface area contributed by atoms with Crippen molar-refractivity contribution in [2.45, 2.75) is 25.7 Å². The summed E-state index contributed by atoms with van der Waals surface area (Å²) in [5, 5.41) is 11.7. The lowest BCUT2D eigenvalue weighted by Crippen LogP contribution is -2.19. The van der Waals surface area contributed by atoms with Gasteiger partial charge in [-0.1, -0.05) is 12.8 Å². The molecule has 0 unspecified atom stereocenters. The summed E-state index contributed by atoms with van der Waals surface area (Å²) in [7, 11) is 0. The molecule has 3 nitrogen and oxygen atoms in total. The second-order valence-electron chi connectivity index (χ2n) is 4.19. The van der Waals surface area contributed by atoms with Crippen LogP contribution in [0.1, 0.15) is 25.7 Å². The zero-order valence-corrected chi connectivity index (χ0v) is 10.7. The molecule has 4 heteroatoms. The molecule has 0 aliphatic heterocycles. The average Bonchev–Trinajstić information content (AvgIpc) is 2.39. The van der Waals surface area contributed by atoms with E-state index in [1.54, 1.807) is 12.1 Å². The third-order valence-corrected chi connectivity index (χ3v) is 2.62. The maximum absolute atomic E-state index is 12.6. The molecule has 102 valence electrons. The van der Waals surface area contributed by atoms with Gasteiger partial charge in [0.2, 0.25) is 0 Å². The van der Waals surface area contributed by atoms with Crippen LogP contribution in [0.5, 0.6) is 5.75 Å². The Bertz CT molecular complexity index is 303. The van der Waals surface area contributed by atoms with E-state index in [1.165, 1.54) is 12.1 Å². The molecule has 0 aromatic heterocycles. The fourth-order valence-electron chi connectivity index (χ4n) is 1.63. The average molecular weight is 255 g/mol. The highest BCUT2D eigenvalue weighted by Gasteiger charge is 1.95. The Kier molecular flexibility index (Phi) is 8.17. The van der Waals surface area contributed by atoms with Gasteiger partial charge in [0.15, 0.2) is 0 Å². The molecular formula is C14H22FNO2. The molecule has 0 radical (unpaired) electrons. The van der Waals surface area contributed by atoms with Crippen LogP contribution in [0.25, 0.3) is 0 Å². The van der Waals surface area contributed by atoms with Gasteiger partial charge in [-0.2, -0.15) is 0 Å². The van der Waals surface area contributed by atoms with Gasteiger partial charge in [-0.05, 0) is 43.7 Å². The summed E-state index contributed by atoms with van der Waals surface area (Å²) in [6, 6.07) is 6.10. The molecule has 0 amide bonds. The van der Waals surface area contributed by atoms with Crippen LogP contribution < -0.4 is 10.1 Å². The summed E-state index contributed by atoms with van der Waals surface area (Å²) in [5.41, 5.74) is 0. The van der Waals surface area contributed by atoms with Crippen LogP contribution in [0, 0.1) is 5.82 Å². The highest BCUT2D eigenvalue weighted by molar-refractivity contribution is 5.21. The molecule has 1 aromatic carbocycles. The lowest BCUT2D eigenvalue weighted by Gasteiger charge is -2.06. The molecule has 0 aliphatic rings. The largest absolute Gasteiger partial charge is 0.494 e. The van der Waals surface area contributed by atoms with Gasteiger partial charge in [0.05, 0.1) is 13.2 Å². The van der Waals surface area contributed by atoms with Crippen molar-refractivity contribution in [1.29, 1.82) is 0 Å². The third-order valence-electron chi connectivity index (χ3n) is 2.62. The van der Waals surface area contributed by atoms with Gasteiger partial charge in [-0.15, -0.1) is 0 Å². The molecular weight excluding hydrogens is 233 g/mol. The van der Waals surface area contributed by atoms with Crippen molar-refractivity contribution < 1.29 is 14.2 Å². The highest BCUT2D eigenvalue weighted by atomic mass is 19.1. The minimum absolute atomic E-state index is 0.200. The predicted octanol–water partition coefficient (Wildman–Crippen LogP) is 2.35. The molecule has 0 heterocycles. The number of aliphatic hydroxyl groups is 1. The fraction of sp³-hybridized carbons (Fsp3) is 0.571. The Morgan fingerprint density at radius 3 is 2.44 bits per heavy atom. The summed E-state index contributed by atoms with van der Waals surface area (Å²) in [4.78, 5) is 0. The Hall–Kier alpha value is -1.13. The van der Waals surface area contributed by atoms with Gasteiger partial charge < -0.3 is 15.2 Å². The lowest BCUT2D eigenvalue weighted by atomic mass is 10.2. The van der Waals surface area contributed by atoms with E-state index < -0.39 is 0 Å². The van der Waals surface area contributed by atoms with E-state index in [2.05, 4.69) is 5.32 Å². The van der Waals surface area contributed by atoms with E-state index in [-0.39, 0.29) is 12.4 Å². The van der Waals surface area contributed by atoms with Crippen molar-refractivity contribution in [2.24, 2.45) is 0 Å². The van der Waals surface area contributed by atoms with Crippen molar-refractivity contribution in [3.05, 3.63) is 30.1 Å². The van der Waals surface area contributed by atoms with Gasteiger partial charge in [-0.25, -0.2) is 4.39 Å². The summed E-state index contributed by atoms with van der Waals surface area (Å²) < 4.78 is 18.1. The van der Waals surface area contributed by atoms with E-state index in [0.29, 0.717) is 13.2 Å². The standard InChI is InChI=1S/C14H22FNO2/c15-13-5-7-14(8-6-13)18-12-4-2-1-3-9-16-10-11-17/h5-8,16-17H,1-4,9-12H2. The van der Waals surface area contributed by atoms with Crippen LogP contribution in [0.15, 0.2) is 24.3 Å². The molecule has 2 N–H and O–H groups in total. The summed E-state index contributed by atoms with van der Waals surface area (Å²) >= 11 is 0. The topological polar surface area (TPSA) is 41.5 Å².